The molecule has 1 amide bonds. The SMILES string of the molecule is Cc1cc(C)n(CCCNC(=O)C2CC=CCC2c2nc3ccccc3s2)n1. The molecule has 1 aromatic carbocycles. The van der Waals surface area contributed by atoms with E-state index in [-0.39, 0.29) is 17.7 Å². The standard InChI is InChI=1S/C22H26N4OS/c1-15-14-16(2)26(25-15)13-7-12-23-21(27)17-8-3-4-9-18(17)22-24-19-10-5-6-11-20(19)28-22/h3-6,10-11,14,17-18H,7-9,12-13H2,1-2H3,(H,23,27). The van der Waals surface area contributed by atoms with Gasteiger partial charge in [0.05, 0.1) is 26.8 Å². The third-order valence-electron chi connectivity index (χ3n) is 5.35. The molecule has 4 rings (SSSR count). The predicted octanol–water partition coefficient (Wildman–Crippen LogP) is 4.37. The lowest BCUT2D eigenvalue weighted by Gasteiger charge is -2.26. The summed E-state index contributed by atoms with van der Waals surface area (Å²) < 4.78 is 3.20. The van der Waals surface area contributed by atoms with Crippen molar-refractivity contribution in [1.29, 1.82) is 0 Å². The number of carbonyl (C=O) groups is 1. The lowest BCUT2D eigenvalue weighted by molar-refractivity contribution is -0.125. The van der Waals surface area contributed by atoms with Crippen LogP contribution in [0.25, 0.3) is 10.2 Å². The Morgan fingerprint density at radius 2 is 2.07 bits per heavy atom. The molecule has 2 atom stereocenters. The summed E-state index contributed by atoms with van der Waals surface area (Å²) in [5.41, 5.74) is 3.23. The molecule has 2 aromatic heterocycles. The second kappa shape index (κ2) is 8.27. The summed E-state index contributed by atoms with van der Waals surface area (Å²) in [5, 5.41) is 8.70. The largest absolute Gasteiger partial charge is 0.356 e. The smallest absolute Gasteiger partial charge is 0.224 e. The maximum absolute atomic E-state index is 12.9. The first-order valence-electron chi connectivity index (χ1n) is 9.91. The fourth-order valence-electron chi connectivity index (χ4n) is 3.90. The number of hydrogen-bond donors (Lipinski definition) is 1. The van der Waals surface area contributed by atoms with Gasteiger partial charge in [0.2, 0.25) is 5.91 Å². The van der Waals surface area contributed by atoms with E-state index in [4.69, 9.17) is 4.98 Å². The number of amides is 1. The number of aromatic nitrogens is 3. The van der Waals surface area contributed by atoms with Crippen LogP contribution < -0.4 is 5.32 Å². The van der Waals surface area contributed by atoms with Crippen LogP contribution in [0.2, 0.25) is 0 Å². The van der Waals surface area contributed by atoms with Gasteiger partial charge in [0.25, 0.3) is 0 Å². The molecule has 6 heteroatoms. The van der Waals surface area contributed by atoms with E-state index in [1.54, 1.807) is 11.3 Å². The van der Waals surface area contributed by atoms with E-state index < -0.39 is 0 Å². The summed E-state index contributed by atoms with van der Waals surface area (Å²) in [6, 6.07) is 10.3. The molecule has 3 aromatic rings. The Labute approximate surface area is 169 Å². The van der Waals surface area contributed by atoms with Crippen LogP contribution >= 0.6 is 11.3 Å². The Bertz CT molecular complexity index is 970. The van der Waals surface area contributed by atoms with E-state index in [1.807, 2.05) is 29.8 Å². The molecular formula is C22H26N4OS. The van der Waals surface area contributed by atoms with Gasteiger partial charge in [-0.15, -0.1) is 11.3 Å². The highest BCUT2D eigenvalue weighted by Gasteiger charge is 2.32. The summed E-state index contributed by atoms with van der Waals surface area (Å²) >= 11 is 1.72. The van der Waals surface area contributed by atoms with E-state index in [0.717, 1.165) is 47.7 Å². The fourth-order valence-corrected chi connectivity index (χ4v) is 5.04. The third kappa shape index (κ3) is 4.02. The number of hydrogen-bond acceptors (Lipinski definition) is 4. The predicted molar refractivity (Wildman–Crippen MR) is 114 cm³/mol. The topological polar surface area (TPSA) is 59.8 Å². The van der Waals surface area contributed by atoms with Crippen molar-refractivity contribution >= 4 is 27.5 Å². The second-order valence-electron chi connectivity index (χ2n) is 7.47. The number of allylic oxidation sites excluding steroid dienone is 2. The van der Waals surface area contributed by atoms with Gasteiger partial charge in [-0.2, -0.15) is 5.10 Å². The minimum Gasteiger partial charge on any atom is -0.356 e. The van der Waals surface area contributed by atoms with Crippen LogP contribution in [0.3, 0.4) is 0 Å². The molecule has 0 fully saturated rings. The van der Waals surface area contributed by atoms with Crippen molar-refractivity contribution in [3.8, 4) is 0 Å². The quantitative estimate of drug-likeness (QED) is 0.499. The van der Waals surface area contributed by atoms with Gasteiger partial charge in [-0.05, 0) is 51.3 Å². The van der Waals surface area contributed by atoms with Gasteiger partial charge < -0.3 is 5.32 Å². The lowest BCUT2D eigenvalue weighted by Crippen LogP contribution is -2.35. The Hall–Kier alpha value is -2.47. The molecule has 0 spiro atoms. The molecule has 0 saturated carbocycles. The van der Waals surface area contributed by atoms with Crippen molar-refractivity contribution in [2.24, 2.45) is 5.92 Å². The molecule has 5 nitrogen and oxygen atoms in total. The first-order chi connectivity index (χ1) is 13.6. The third-order valence-corrected chi connectivity index (χ3v) is 6.51. The Morgan fingerprint density at radius 1 is 1.25 bits per heavy atom. The van der Waals surface area contributed by atoms with Gasteiger partial charge >= 0.3 is 0 Å². The number of aryl methyl sites for hydroxylation is 3. The molecule has 0 aliphatic heterocycles. The molecule has 1 aliphatic carbocycles. The lowest BCUT2D eigenvalue weighted by atomic mass is 9.82. The normalized spacial score (nSPS) is 19.2. The number of thiazole rings is 1. The number of para-hydroxylation sites is 1. The van der Waals surface area contributed by atoms with Crippen molar-refractivity contribution in [2.75, 3.05) is 6.54 Å². The van der Waals surface area contributed by atoms with Crippen molar-refractivity contribution < 1.29 is 4.79 Å². The van der Waals surface area contributed by atoms with Crippen molar-refractivity contribution in [2.45, 2.75) is 45.6 Å². The average Bonchev–Trinajstić information content (AvgIpc) is 3.27. The van der Waals surface area contributed by atoms with Crippen LogP contribution in [0.4, 0.5) is 0 Å². The van der Waals surface area contributed by atoms with Gasteiger partial charge in [0, 0.05) is 24.7 Å². The number of benzene rings is 1. The van der Waals surface area contributed by atoms with E-state index >= 15 is 0 Å². The van der Waals surface area contributed by atoms with E-state index in [9.17, 15) is 4.79 Å². The second-order valence-corrected chi connectivity index (χ2v) is 8.53. The molecular weight excluding hydrogens is 368 g/mol. The monoisotopic (exact) mass is 394 g/mol. The van der Waals surface area contributed by atoms with Crippen LogP contribution in [0.15, 0.2) is 42.5 Å². The number of fused-ring (bicyclic) bond motifs is 1. The first kappa shape index (κ1) is 18.9. The molecule has 0 radical (unpaired) electrons. The van der Waals surface area contributed by atoms with Crippen molar-refractivity contribution in [3.63, 3.8) is 0 Å². The van der Waals surface area contributed by atoms with Crippen molar-refractivity contribution in [3.05, 3.63) is 58.9 Å². The first-order valence-corrected chi connectivity index (χ1v) is 10.7. The molecule has 146 valence electrons. The fraction of sp³-hybridized carbons (Fsp3) is 0.409. The van der Waals surface area contributed by atoms with Crippen LogP contribution in [-0.2, 0) is 11.3 Å². The Morgan fingerprint density at radius 3 is 2.86 bits per heavy atom. The molecule has 2 heterocycles. The molecule has 0 bridgehead atoms. The number of nitrogens with zero attached hydrogens (tertiary/aromatic N) is 3. The highest BCUT2D eigenvalue weighted by molar-refractivity contribution is 7.18. The van der Waals surface area contributed by atoms with Crippen LogP contribution in [-0.4, -0.2) is 27.2 Å². The van der Waals surface area contributed by atoms with Crippen molar-refractivity contribution in [1.82, 2.24) is 20.1 Å². The van der Waals surface area contributed by atoms with Gasteiger partial charge in [0.15, 0.2) is 0 Å². The highest BCUT2D eigenvalue weighted by atomic mass is 32.1. The number of rotatable bonds is 6. The van der Waals surface area contributed by atoms with Crippen LogP contribution in [0, 0.1) is 19.8 Å². The highest BCUT2D eigenvalue weighted by Crippen LogP contribution is 2.38. The van der Waals surface area contributed by atoms with Gasteiger partial charge in [0.1, 0.15) is 0 Å². The van der Waals surface area contributed by atoms with Gasteiger partial charge in [-0.3, -0.25) is 9.48 Å². The zero-order valence-corrected chi connectivity index (χ0v) is 17.2. The zero-order valence-electron chi connectivity index (χ0n) is 16.4. The minimum atomic E-state index is -0.0424. The molecule has 28 heavy (non-hydrogen) atoms. The molecule has 1 aliphatic rings. The summed E-state index contributed by atoms with van der Waals surface area (Å²) in [4.78, 5) is 17.7. The van der Waals surface area contributed by atoms with Crippen LogP contribution in [0.1, 0.15) is 41.6 Å². The maximum Gasteiger partial charge on any atom is 0.224 e. The number of nitrogens with one attached hydrogen (secondary N) is 1. The molecule has 1 N–H and O–H groups in total. The molecule has 0 saturated heterocycles. The summed E-state index contributed by atoms with van der Waals surface area (Å²) in [6.07, 6.45) is 6.85. The van der Waals surface area contributed by atoms with Crippen LogP contribution in [0.5, 0.6) is 0 Å². The van der Waals surface area contributed by atoms with E-state index in [1.165, 1.54) is 4.70 Å². The van der Waals surface area contributed by atoms with E-state index in [0.29, 0.717) is 6.54 Å². The van der Waals surface area contributed by atoms with Gasteiger partial charge in [-0.25, -0.2) is 4.98 Å². The minimum absolute atomic E-state index is 0.0424. The maximum atomic E-state index is 12.9. The summed E-state index contributed by atoms with van der Waals surface area (Å²) in [6.45, 7) is 5.56. The number of carbonyl (C=O) groups excluding carboxylic acids is 1. The van der Waals surface area contributed by atoms with Gasteiger partial charge in [-0.1, -0.05) is 24.3 Å². The molecule has 2 unspecified atom stereocenters. The summed E-state index contributed by atoms with van der Waals surface area (Å²) in [7, 11) is 0. The Kier molecular flexibility index (Phi) is 5.57. The average molecular weight is 395 g/mol. The van der Waals surface area contributed by atoms with E-state index in [2.05, 4.69) is 41.6 Å². The Balaban J connectivity index is 1.37. The zero-order chi connectivity index (χ0) is 19.5. The summed E-state index contributed by atoms with van der Waals surface area (Å²) in [5.74, 6) is 0.264.